The third kappa shape index (κ3) is 4.64. The number of Topliss-reactive ketones (excluding diaryl/α,β-unsaturated/α-hetero) is 1. The van der Waals surface area contributed by atoms with Gasteiger partial charge in [-0.25, -0.2) is 0 Å². The molecule has 110 valence electrons. The van der Waals surface area contributed by atoms with E-state index in [1.807, 2.05) is 38.1 Å². The quantitative estimate of drug-likeness (QED) is 0.802. The highest BCUT2D eigenvalue weighted by Crippen LogP contribution is 2.19. The highest BCUT2D eigenvalue weighted by atomic mass is 35.5. The minimum atomic E-state index is -0.241. The van der Waals surface area contributed by atoms with Crippen LogP contribution in [0.4, 0.5) is 0 Å². The number of carbonyl (C=O) groups excluding carboxylic acids is 2. The lowest BCUT2D eigenvalue weighted by Gasteiger charge is -2.28. The summed E-state index contributed by atoms with van der Waals surface area (Å²) in [7, 11) is 0. The van der Waals surface area contributed by atoms with Crippen LogP contribution in [0, 0.1) is 5.92 Å². The molecular formula is C16H22ClNO2. The molecule has 1 amide bonds. The number of halogens is 1. The Morgan fingerprint density at radius 1 is 1.20 bits per heavy atom. The molecule has 20 heavy (non-hydrogen) atoms. The first kappa shape index (κ1) is 16.7. The molecule has 1 rings (SSSR count). The largest absolute Gasteiger partial charge is 0.336 e. The second-order valence-corrected chi connectivity index (χ2v) is 5.83. The van der Waals surface area contributed by atoms with Gasteiger partial charge in [0.25, 0.3) is 0 Å². The molecule has 0 fully saturated rings. The lowest BCUT2D eigenvalue weighted by atomic mass is 10.0. The molecule has 0 heterocycles. The molecule has 0 saturated heterocycles. The van der Waals surface area contributed by atoms with Gasteiger partial charge in [0, 0.05) is 29.9 Å². The maximum atomic E-state index is 12.3. The Balaban J connectivity index is 2.82. The van der Waals surface area contributed by atoms with Crippen LogP contribution in [-0.2, 0) is 16.1 Å². The zero-order valence-corrected chi connectivity index (χ0v) is 13.3. The molecule has 1 aromatic rings. The van der Waals surface area contributed by atoms with E-state index in [1.54, 1.807) is 11.8 Å². The summed E-state index contributed by atoms with van der Waals surface area (Å²) in [5, 5.41) is 0.658. The van der Waals surface area contributed by atoms with E-state index in [-0.39, 0.29) is 30.1 Å². The van der Waals surface area contributed by atoms with Crippen molar-refractivity contribution in [2.45, 2.75) is 46.7 Å². The number of nitrogens with zero attached hydrogens (tertiary/aromatic N) is 1. The van der Waals surface area contributed by atoms with Crippen molar-refractivity contribution in [1.29, 1.82) is 0 Å². The molecule has 3 nitrogen and oxygen atoms in total. The lowest BCUT2D eigenvalue weighted by Crippen LogP contribution is -2.37. The van der Waals surface area contributed by atoms with Crippen LogP contribution in [0.25, 0.3) is 0 Å². The van der Waals surface area contributed by atoms with E-state index in [4.69, 9.17) is 11.6 Å². The van der Waals surface area contributed by atoms with Crippen molar-refractivity contribution in [3.63, 3.8) is 0 Å². The molecule has 0 radical (unpaired) electrons. The third-order valence-corrected chi connectivity index (χ3v) is 3.79. The van der Waals surface area contributed by atoms with E-state index in [0.717, 1.165) is 5.56 Å². The van der Waals surface area contributed by atoms with Gasteiger partial charge in [-0.2, -0.15) is 0 Å². The average Bonchev–Trinajstić information content (AvgIpc) is 2.36. The van der Waals surface area contributed by atoms with Crippen molar-refractivity contribution >= 4 is 23.3 Å². The van der Waals surface area contributed by atoms with Crippen LogP contribution in [0.1, 0.15) is 39.7 Å². The van der Waals surface area contributed by atoms with Gasteiger partial charge in [0.1, 0.15) is 5.78 Å². The zero-order valence-electron chi connectivity index (χ0n) is 12.5. The maximum Gasteiger partial charge on any atom is 0.223 e. The molecule has 0 unspecified atom stereocenters. The summed E-state index contributed by atoms with van der Waals surface area (Å²) in [5.74, 6) is -0.211. The van der Waals surface area contributed by atoms with Gasteiger partial charge in [0.15, 0.2) is 0 Å². The smallest absolute Gasteiger partial charge is 0.223 e. The van der Waals surface area contributed by atoms with E-state index in [0.29, 0.717) is 11.6 Å². The standard InChI is InChI=1S/C16H22ClNO2/c1-11(2)18(16(20)9-12(3)13(4)19)10-14-7-5-6-8-15(14)17/h5-8,11-12H,9-10H2,1-4H3/t12-/m0/s1. The van der Waals surface area contributed by atoms with Gasteiger partial charge < -0.3 is 4.90 Å². The predicted octanol–water partition coefficient (Wildman–Crippen LogP) is 3.69. The lowest BCUT2D eigenvalue weighted by molar-refractivity contribution is -0.136. The van der Waals surface area contributed by atoms with Crippen molar-refractivity contribution in [2.24, 2.45) is 5.92 Å². The Bertz CT molecular complexity index is 485. The average molecular weight is 296 g/mol. The van der Waals surface area contributed by atoms with Crippen molar-refractivity contribution in [1.82, 2.24) is 4.90 Å². The van der Waals surface area contributed by atoms with Crippen LogP contribution >= 0.6 is 11.6 Å². The molecule has 1 atom stereocenters. The Kier molecular flexibility index (Phi) is 6.21. The Morgan fingerprint density at radius 3 is 2.30 bits per heavy atom. The highest BCUT2D eigenvalue weighted by Gasteiger charge is 2.21. The van der Waals surface area contributed by atoms with Gasteiger partial charge in [0.05, 0.1) is 0 Å². The number of ketones is 1. The summed E-state index contributed by atoms with van der Waals surface area (Å²) in [6.07, 6.45) is 0.248. The van der Waals surface area contributed by atoms with Crippen molar-refractivity contribution in [3.8, 4) is 0 Å². The maximum absolute atomic E-state index is 12.3. The normalized spacial score (nSPS) is 12.3. The van der Waals surface area contributed by atoms with E-state index >= 15 is 0 Å². The molecule has 0 saturated carbocycles. The zero-order chi connectivity index (χ0) is 15.3. The van der Waals surface area contributed by atoms with Crippen molar-refractivity contribution in [2.75, 3.05) is 0 Å². The molecule has 1 aromatic carbocycles. The first-order valence-corrected chi connectivity index (χ1v) is 7.24. The van der Waals surface area contributed by atoms with Gasteiger partial charge in [-0.1, -0.05) is 36.7 Å². The second-order valence-electron chi connectivity index (χ2n) is 5.42. The fourth-order valence-corrected chi connectivity index (χ4v) is 2.09. The van der Waals surface area contributed by atoms with E-state index in [2.05, 4.69) is 0 Å². The number of hydrogen-bond acceptors (Lipinski definition) is 2. The van der Waals surface area contributed by atoms with Crippen molar-refractivity contribution < 1.29 is 9.59 Å². The number of benzene rings is 1. The molecule has 0 aliphatic rings. The summed E-state index contributed by atoms with van der Waals surface area (Å²) in [4.78, 5) is 25.4. The summed E-state index contributed by atoms with van der Waals surface area (Å²) in [5.41, 5.74) is 0.923. The van der Waals surface area contributed by atoms with Crippen LogP contribution in [0.3, 0.4) is 0 Å². The predicted molar refractivity (Wildman–Crippen MR) is 81.6 cm³/mol. The molecule has 0 N–H and O–H groups in total. The summed E-state index contributed by atoms with van der Waals surface area (Å²) < 4.78 is 0. The first-order chi connectivity index (χ1) is 9.32. The number of carbonyl (C=O) groups is 2. The van der Waals surface area contributed by atoms with E-state index < -0.39 is 0 Å². The number of hydrogen-bond donors (Lipinski definition) is 0. The minimum Gasteiger partial charge on any atom is -0.336 e. The fraction of sp³-hybridized carbons (Fsp3) is 0.500. The first-order valence-electron chi connectivity index (χ1n) is 6.86. The second kappa shape index (κ2) is 7.44. The fourth-order valence-electron chi connectivity index (χ4n) is 1.89. The topological polar surface area (TPSA) is 37.4 Å². The molecule has 0 aliphatic carbocycles. The Morgan fingerprint density at radius 2 is 1.80 bits per heavy atom. The van der Waals surface area contributed by atoms with Crippen molar-refractivity contribution in [3.05, 3.63) is 34.9 Å². The van der Waals surface area contributed by atoms with Gasteiger partial charge in [-0.15, -0.1) is 0 Å². The van der Waals surface area contributed by atoms with Gasteiger partial charge in [-0.05, 0) is 32.4 Å². The highest BCUT2D eigenvalue weighted by molar-refractivity contribution is 6.31. The Labute approximate surface area is 125 Å². The minimum absolute atomic E-state index is 0.0115. The molecule has 0 aromatic heterocycles. The molecule has 0 bridgehead atoms. The van der Waals surface area contributed by atoms with Crippen LogP contribution in [0.5, 0.6) is 0 Å². The molecule has 4 heteroatoms. The van der Waals surface area contributed by atoms with Gasteiger partial charge in [-0.3, -0.25) is 9.59 Å². The number of amides is 1. The van der Waals surface area contributed by atoms with E-state index in [1.165, 1.54) is 6.92 Å². The summed E-state index contributed by atoms with van der Waals surface area (Å²) in [6, 6.07) is 7.57. The summed E-state index contributed by atoms with van der Waals surface area (Å²) in [6.45, 7) is 7.71. The molecular weight excluding hydrogens is 274 g/mol. The van der Waals surface area contributed by atoms with Crippen LogP contribution in [0.15, 0.2) is 24.3 Å². The van der Waals surface area contributed by atoms with Gasteiger partial charge >= 0.3 is 0 Å². The third-order valence-electron chi connectivity index (χ3n) is 3.42. The van der Waals surface area contributed by atoms with Crippen LogP contribution in [0.2, 0.25) is 5.02 Å². The SMILES string of the molecule is CC(=O)[C@@H](C)CC(=O)N(Cc1ccccc1Cl)C(C)C. The Hall–Kier alpha value is -1.35. The number of rotatable bonds is 6. The molecule has 0 spiro atoms. The summed E-state index contributed by atoms with van der Waals surface area (Å²) >= 11 is 6.14. The van der Waals surface area contributed by atoms with Crippen LogP contribution in [-0.4, -0.2) is 22.6 Å². The van der Waals surface area contributed by atoms with Crippen LogP contribution < -0.4 is 0 Å². The van der Waals surface area contributed by atoms with E-state index in [9.17, 15) is 9.59 Å². The monoisotopic (exact) mass is 295 g/mol. The molecule has 0 aliphatic heterocycles. The van der Waals surface area contributed by atoms with Gasteiger partial charge in [0.2, 0.25) is 5.91 Å².